The van der Waals surface area contributed by atoms with E-state index in [0.29, 0.717) is 12.5 Å². The minimum Gasteiger partial charge on any atom is -0.396 e. The van der Waals surface area contributed by atoms with E-state index >= 15 is 0 Å². The van der Waals surface area contributed by atoms with Gasteiger partial charge in [0.15, 0.2) is 0 Å². The van der Waals surface area contributed by atoms with Gasteiger partial charge in [0, 0.05) is 26.1 Å². The molecule has 0 aromatic heterocycles. The predicted molar refractivity (Wildman–Crippen MR) is 182 cm³/mol. The molecule has 4 heteroatoms. The third-order valence-electron chi connectivity index (χ3n) is 8.79. The van der Waals surface area contributed by atoms with Crippen LogP contribution in [-0.4, -0.2) is 60.6 Å². The van der Waals surface area contributed by atoms with Crippen molar-refractivity contribution in [2.75, 3.05) is 39.8 Å². The van der Waals surface area contributed by atoms with Gasteiger partial charge in [-0.25, -0.2) is 0 Å². The summed E-state index contributed by atoms with van der Waals surface area (Å²) in [5, 5.41) is 8.85. The molecule has 0 saturated carbocycles. The smallest absolute Gasteiger partial charge is 0.222 e. The van der Waals surface area contributed by atoms with Crippen molar-refractivity contribution in [1.82, 2.24) is 9.80 Å². The van der Waals surface area contributed by atoms with Crippen molar-refractivity contribution in [1.29, 1.82) is 0 Å². The fraction of sp³-hybridized carbons (Fsp3) is 0.973. The van der Waals surface area contributed by atoms with Gasteiger partial charge in [0.05, 0.1) is 0 Å². The molecule has 0 heterocycles. The van der Waals surface area contributed by atoms with Crippen molar-refractivity contribution in [3.05, 3.63) is 0 Å². The predicted octanol–water partition coefficient (Wildman–Crippen LogP) is 10.7. The second kappa shape index (κ2) is 33.9. The van der Waals surface area contributed by atoms with Gasteiger partial charge >= 0.3 is 0 Å². The van der Waals surface area contributed by atoms with E-state index in [9.17, 15) is 4.79 Å². The molecule has 0 aliphatic rings. The number of amides is 1. The molecule has 0 aliphatic heterocycles. The van der Waals surface area contributed by atoms with Crippen LogP contribution in [0.4, 0.5) is 0 Å². The average Bonchev–Trinajstić information content (AvgIpc) is 2.97. The third-order valence-corrected chi connectivity index (χ3v) is 8.79. The van der Waals surface area contributed by atoms with E-state index in [1.54, 1.807) is 0 Å². The van der Waals surface area contributed by atoms with Crippen molar-refractivity contribution in [2.24, 2.45) is 0 Å². The molecule has 41 heavy (non-hydrogen) atoms. The Kier molecular flexibility index (Phi) is 33.4. The molecule has 246 valence electrons. The lowest BCUT2D eigenvalue weighted by Gasteiger charge is -2.23. The summed E-state index contributed by atoms with van der Waals surface area (Å²) in [6, 6.07) is 0. The standard InChI is InChI=1S/C37H76N2O2/c1-4-6-8-10-12-14-22-28-34-39(35-29-23-15-13-11-9-7-5-2)37(41)31-25-19-18-21-27-33-38(3)32-26-20-16-17-24-30-36-40/h40H,4-36H2,1-3H3. The molecule has 1 N–H and O–H groups in total. The number of hydrogen-bond acceptors (Lipinski definition) is 3. The topological polar surface area (TPSA) is 43.8 Å². The number of carbonyl (C=O) groups excluding carboxylic acids is 1. The first kappa shape index (κ1) is 40.4. The Balaban J connectivity index is 4.01. The molecule has 0 aromatic rings. The van der Waals surface area contributed by atoms with Crippen LogP contribution in [-0.2, 0) is 4.79 Å². The van der Waals surface area contributed by atoms with Crippen molar-refractivity contribution in [3.63, 3.8) is 0 Å². The number of nitrogens with zero attached hydrogens (tertiary/aromatic N) is 2. The summed E-state index contributed by atoms with van der Waals surface area (Å²) in [5.74, 6) is 0.423. The van der Waals surface area contributed by atoms with Gasteiger partial charge in [0.1, 0.15) is 0 Å². The average molecular weight is 581 g/mol. The Morgan fingerprint density at radius 1 is 0.439 bits per heavy atom. The highest BCUT2D eigenvalue weighted by Crippen LogP contribution is 2.14. The summed E-state index contributed by atoms with van der Waals surface area (Å²) in [6.07, 6.45) is 35.5. The minimum atomic E-state index is 0.343. The summed E-state index contributed by atoms with van der Waals surface area (Å²) in [4.78, 5) is 17.8. The molecular formula is C37H76N2O2. The van der Waals surface area contributed by atoms with E-state index in [4.69, 9.17) is 5.11 Å². The maximum atomic E-state index is 13.1. The van der Waals surface area contributed by atoms with Crippen molar-refractivity contribution in [2.45, 2.75) is 194 Å². The van der Waals surface area contributed by atoms with E-state index < -0.39 is 0 Å². The van der Waals surface area contributed by atoms with Crippen LogP contribution < -0.4 is 0 Å². The van der Waals surface area contributed by atoms with Crippen molar-refractivity contribution in [3.8, 4) is 0 Å². The van der Waals surface area contributed by atoms with Crippen LogP contribution in [0.15, 0.2) is 0 Å². The Morgan fingerprint density at radius 2 is 0.756 bits per heavy atom. The molecule has 0 saturated heterocycles. The summed E-state index contributed by atoms with van der Waals surface area (Å²) >= 11 is 0. The van der Waals surface area contributed by atoms with E-state index in [1.165, 1.54) is 174 Å². The molecule has 0 bridgehead atoms. The van der Waals surface area contributed by atoms with Gasteiger partial charge in [-0.15, -0.1) is 0 Å². The number of aliphatic hydroxyl groups excluding tert-OH is 1. The van der Waals surface area contributed by atoms with Crippen molar-refractivity contribution < 1.29 is 9.90 Å². The highest BCUT2D eigenvalue weighted by Gasteiger charge is 2.12. The van der Waals surface area contributed by atoms with Gasteiger partial charge in [-0.1, -0.05) is 149 Å². The van der Waals surface area contributed by atoms with Crippen LogP contribution in [0.2, 0.25) is 0 Å². The second-order valence-electron chi connectivity index (χ2n) is 13.0. The van der Waals surface area contributed by atoms with Crippen LogP contribution >= 0.6 is 0 Å². The highest BCUT2D eigenvalue weighted by atomic mass is 16.2. The van der Waals surface area contributed by atoms with Crippen LogP contribution in [0.5, 0.6) is 0 Å². The van der Waals surface area contributed by atoms with E-state index in [2.05, 4.69) is 30.7 Å². The van der Waals surface area contributed by atoms with Crippen molar-refractivity contribution >= 4 is 5.91 Å². The highest BCUT2D eigenvalue weighted by molar-refractivity contribution is 5.76. The van der Waals surface area contributed by atoms with Crippen LogP contribution in [0.1, 0.15) is 194 Å². The molecule has 0 radical (unpaired) electrons. The van der Waals surface area contributed by atoms with Gasteiger partial charge in [-0.2, -0.15) is 0 Å². The van der Waals surface area contributed by atoms with Crippen LogP contribution in [0.25, 0.3) is 0 Å². The number of unbranched alkanes of at least 4 members (excludes halogenated alkanes) is 23. The van der Waals surface area contributed by atoms with Crippen LogP contribution in [0, 0.1) is 0 Å². The molecule has 0 atom stereocenters. The van der Waals surface area contributed by atoms with Gasteiger partial charge < -0.3 is 14.9 Å². The van der Waals surface area contributed by atoms with Gasteiger partial charge in [0.25, 0.3) is 0 Å². The maximum Gasteiger partial charge on any atom is 0.222 e. The molecule has 0 fully saturated rings. The maximum absolute atomic E-state index is 13.1. The van der Waals surface area contributed by atoms with Crippen LogP contribution in [0.3, 0.4) is 0 Å². The second-order valence-corrected chi connectivity index (χ2v) is 13.0. The molecule has 0 spiro atoms. The Hall–Kier alpha value is -0.610. The molecular weight excluding hydrogens is 504 g/mol. The lowest BCUT2D eigenvalue weighted by molar-refractivity contribution is -0.131. The zero-order chi connectivity index (χ0) is 30.1. The Morgan fingerprint density at radius 3 is 1.15 bits per heavy atom. The summed E-state index contributed by atoms with van der Waals surface area (Å²) in [6.45, 7) is 9.29. The Labute approximate surface area is 258 Å². The fourth-order valence-corrected chi connectivity index (χ4v) is 5.89. The number of rotatable bonds is 34. The number of hydrogen-bond donors (Lipinski definition) is 1. The number of aliphatic hydroxyl groups is 1. The molecule has 0 aliphatic carbocycles. The first-order valence-electron chi connectivity index (χ1n) is 18.7. The SMILES string of the molecule is CCCCCCCCCCN(CCCCCCCCCC)C(=O)CCCCCCCN(C)CCCCCCCCO. The van der Waals surface area contributed by atoms with Gasteiger partial charge in [-0.05, 0) is 58.7 Å². The lowest BCUT2D eigenvalue weighted by atomic mass is 10.1. The van der Waals surface area contributed by atoms with Gasteiger partial charge in [-0.3, -0.25) is 4.79 Å². The first-order valence-corrected chi connectivity index (χ1v) is 18.7. The quantitative estimate of drug-likeness (QED) is 0.0770. The third kappa shape index (κ3) is 30.6. The summed E-state index contributed by atoms with van der Waals surface area (Å²) in [5.41, 5.74) is 0. The summed E-state index contributed by atoms with van der Waals surface area (Å²) in [7, 11) is 2.26. The molecule has 0 unspecified atom stereocenters. The molecule has 0 rings (SSSR count). The van der Waals surface area contributed by atoms with E-state index in [0.717, 1.165) is 32.4 Å². The normalized spacial score (nSPS) is 11.5. The lowest BCUT2D eigenvalue weighted by Crippen LogP contribution is -2.32. The monoisotopic (exact) mass is 581 g/mol. The van der Waals surface area contributed by atoms with E-state index in [-0.39, 0.29) is 0 Å². The molecule has 1 amide bonds. The van der Waals surface area contributed by atoms with Gasteiger partial charge in [0.2, 0.25) is 5.91 Å². The largest absolute Gasteiger partial charge is 0.396 e. The zero-order valence-corrected chi connectivity index (χ0v) is 28.6. The first-order chi connectivity index (χ1) is 20.2. The fourth-order valence-electron chi connectivity index (χ4n) is 5.89. The molecule has 0 aromatic carbocycles. The summed E-state index contributed by atoms with van der Waals surface area (Å²) < 4.78 is 0. The minimum absolute atomic E-state index is 0.343. The Bertz CT molecular complexity index is 493. The van der Waals surface area contributed by atoms with E-state index in [1.807, 2.05) is 0 Å². The number of carbonyl (C=O) groups is 1. The molecule has 4 nitrogen and oxygen atoms in total. The zero-order valence-electron chi connectivity index (χ0n) is 28.6.